The molecule has 0 spiro atoms. The Labute approximate surface area is 138 Å². The lowest BCUT2D eigenvalue weighted by molar-refractivity contribution is 0.347. The van der Waals surface area contributed by atoms with E-state index in [1.54, 1.807) is 6.20 Å². The van der Waals surface area contributed by atoms with Crippen LogP contribution in [0.5, 0.6) is 0 Å². The topological polar surface area (TPSA) is 68.2 Å². The number of fused-ring (bicyclic) bond motifs is 1. The van der Waals surface area contributed by atoms with Crippen LogP contribution in [0.1, 0.15) is 5.76 Å². The van der Waals surface area contributed by atoms with Gasteiger partial charge >= 0.3 is 0 Å². The molecular weight excluding hydrogens is 304 g/mol. The molecule has 4 aromatic rings. The largest absolute Gasteiger partial charge is 0.455 e. The minimum absolute atomic E-state index is 0.376. The predicted octanol–water partition coefficient (Wildman–Crippen LogP) is 3.61. The van der Waals surface area contributed by atoms with Crippen molar-refractivity contribution in [1.29, 1.82) is 0 Å². The van der Waals surface area contributed by atoms with Gasteiger partial charge in [-0.3, -0.25) is 4.98 Å². The van der Waals surface area contributed by atoms with Crippen LogP contribution in [0, 0.1) is 0 Å². The third-order valence-corrected chi connectivity index (χ3v) is 3.63. The zero-order chi connectivity index (χ0) is 16.5. The number of aromatic nitrogens is 3. The molecule has 0 atom stereocenters. The van der Waals surface area contributed by atoms with Gasteiger partial charge in [-0.2, -0.15) is 4.98 Å². The Kier molecular flexibility index (Phi) is 3.59. The second-order valence-corrected chi connectivity index (χ2v) is 5.84. The van der Waals surface area contributed by atoms with Crippen molar-refractivity contribution in [3.05, 3.63) is 54.4 Å². The Bertz CT molecular complexity index is 987. The summed E-state index contributed by atoms with van der Waals surface area (Å²) in [5.41, 5.74) is 1.81. The fourth-order valence-corrected chi connectivity index (χ4v) is 2.55. The highest BCUT2D eigenvalue weighted by Crippen LogP contribution is 2.26. The quantitative estimate of drug-likeness (QED) is 0.572. The fourth-order valence-electron chi connectivity index (χ4n) is 2.55. The lowest BCUT2D eigenvalue weighted by atomic mass is 10.1. The number of pyridine rings is 1. The summed E-state index contributed by atoms with van der Waals surface area (Å²) < 4.78 is 11.1. The van der Waals surface area contributed by atoms with E-state index in [1.165, 1.54) is 0 Å². The Morgan fingerprint density at radius 1 is 1.08 bits per heavy atom. The van der Waals surface area contributed by atoms with E-state index in [0.717, 1.165) is 28.8 Å². The van der Waals surface area contributed by atoms with Crippen molar-refractivity contribution in [3.8, 4) is 23.0 Å². The molecule has 3 heterocycles. The molecular formula is C18H16N4O2. The molecule has 6 heteroatoms. The summed E-state index contributed by atoms with van der Waals surface area (Å²) in [5.74, 6) is 2.34. The average molecular weight is 320 g/mol. The molecule has 0 amide bonds. The van der Waals surface area contributed by atoms with Gasteiger partial charge in [0.25, 0.3) is 5.89 Å². The zero-order valence-corrected chi connectivity index (χ0v) is 13.4. The number of furan rings is 1. The van der Waals surface area contributed by atoms with Crippen molar-refractivity contribution in [2.24, 2.45) is 0 Å². The summed E-state index contributed by atoms with van der Waals surface area (Å²) in [6.45, 7) is 0.721. The highest BCUT2D eigenvalue weighted by molar-refractivity contribution is 5.83. The Balaban J connectivity index is 1.65. The first-order valence-electron chi connectivity index (χ1n) is 7.62. The summed E-state index contributed by atoms with van der Waals surface area (Å²) in [6.07, 6.45) is 1.77. The molecule has 0 bridgehead atoms. The van der Waals surface area contributed by atoms with Gasteiger partial charge in [-0.25, -0.2) is 0 Å². The van der Waals surface area contributed by atoms with Crippen molar-refractivity contribution >= 4 is 10.9 Å². The van der Waals surface area contributed by atoms with Crippen LogP contribution in [0.4, 0.5) is 0 Å². The van der Waals surface area contributed by atoms with Crippen molar-refractivity contribution in [3.63, 3.8) is 0 Å². The lowest BCUT2D eigenvalue weighted by Crippen LogP contribution is -2.09. The van der Waals surface area contributed by atoms with E-state index in [0.29, 0.717) is 17.5 Å². The third-order valence-electron chi connectivity index (χ3n) is 3.63. The number of rotatable bonds is 4. The number of nitrogens with zero attached hydrogens (tertiary/aromatic N) is 4. The molecule has 1 aromatic carbocycles. The molecule has 0 unspecified atom stereocenters. The van der Waals surface area contributed by atoms with Crippen molar-refractivity contribution in [1.82, 2.24) is 20.0 Å². The van der Waals surface area contributed by atoms with Gasteiger partial charge in [0, 0.05) is 17.1 Å². The summed E-state index contributed by atoms with van der Waals surface area (Å²) in [6, 6.07) is 13.6. The molecule has 0 N–H and O–H groups in total. The number of hydrogen-bond acceptors (Lipinski definition) is 6. The second kappa shape index (κ2) is 5.90. The lowest BCUT2D eigenvalue weighted by Gasteiger charge is -2.05. The molecule has 0 aliphatic carbocycles. The highest BCUT2D eigenvalue weighted by Gasteiger charge is 2.14. The fraction of sp³-hybridized carbons (Fsp3) is 0.167. The van der Waals surface area contributed by atoms with Crippen molar-refractivity contribution in [2.45, 2.75) is 6.54 Å². The van der Waals surface area contributed by atoms with Crippen LogP contribution >= 0.6 is 0 Å². The number of hydrogen-bond donors (Lipinski definition) is 0. The normalized spacial score (nSPS) is 11.5. The molecule has 0 saturated carbocycles. The first kappa shape index (κ1) is 14.6. The molecule has 120 valence electrons. The summed E-state index contributed by atoms with van der Waals surface area (Å²) in [5, 5.41) is 5.10. The summed E-state index contributed by atoms with van der Waals surface area (Å²) >= 11 is 0. The maximum Gasteiger partial charge on any atom is 0.293 e. The average Bonchev–Trinajstić information content (AvgIpc) is 3.23. The van der Waals surface area contributed by atoms with Crippen LogP contribution < -0.4 is 0 Å². The molecule has 0 saturated heterocycles. The van der Waals surface area contributed by atoms with E-state index < -0.39 is 0 Å². The highest BCUT2D eigenvalue weighted by atomic mass is 16.5. The van der Waals surface area contributed by atoms with Gasteiger partial charge in [-0.1, -0.05) is 11.2 Å². The van der Waals surface area contributed by atoms with Crippen LogP contribution in [0.2, 0.25) is 0 Å². The Morgan fingerprint density at radius 3 is 2.88 bits per heavy atom. The zero-order valence-electron chi connectivity index (χ0n) is 13.4. The van der Waals surface area contributed by atoms with Crippen molar-refractivity contribution in [2.75, 3.05) is 14.1 Å². The molecule has 0 radical (unpaired) electrons. The van der Waals surface area contributed by atoms with Crippen LogP contribution in [0.3, 0.4) is 0 Å². The van der Waals surface area contributed by atoms with Gasteiger partial charge in [0.1, 0.15) is 5.76 Å². The van der Waals surface area contributed by atoms with Gasteiger partial charge in [-0.15, -0.1) is 0 Å². The summed E-state index contributed by atoms with van der Waals surface area (Å²) in [7, 11) is 3.98. The molecule has 4 rings (SSSR count). The second-order valence-electron chi connectivity index (χ2n) is 5.84. The third kappa shape index (κ3) is 2.79. The van der Waals surface area contributed by atoms with Gasteiger partial charge in [0.2, 0.25) is 5.82 Å². The van der Waals surface area contributed by atoms with E-state index in [1.807, 2.05) is 61.5 Å². The molecule has 0 aliphatic heterocycles. The smallest absolute Gasteiger partial charge is 0.293 e. The van der Waals surface area contributed by atoms with Gasteiger partial charge < -0.3 is 13.8 Å². The van der Waals surface area contributed by atoms with Gasteiger partial charge in [-0.05, 0) is 50.5 Å². The van der Waals surface area contributed by atoms with Crippen LogP contribution in [0.25, 0.3) is 33.9 Å². The first-order chi connectivity index (χ1) is 11.7. The van der Waals surface area contributed by atoms with E-state index in [4.69, 9.17) is 8.94 Å². The molecule has 3 aromatic heterocycles. The predicted molar refractivity (Wildman–Crippen MR) is 90.1 cm³/mol. The van der Waals surface area contributed by atoms with E-state index in [2.05, 4.69) is 15.1 Å². The Hall–Kier alpha value is -2.99. The summed E-state index contributed by atoms with van der Waals surface area (Å²) in [4.78, 5) is 10.8. The maximum absolute atomic E-state index is 5.75. The molecule has 0 fully saturated rings. The number of benzene rings is 1. The molecule has 24 heavy (non-hydrogen) atoms. The molecule has 0 aliphatic rings. The van der Waals surface area contributed by atoms with Gasteiger partial charge in [0.05, 0.1) is 12.1 Å². The monoisotopic (exact) mass is 320 g/mol. The van der Waals surface area contributed by atoms with Crippen LogP contribution in [-0.2, 0) is 6.54 Å². The van der Waals surface area contributed by atoms with Crippen LogP contribution in [0.15, 0.2) is 57.6 Å². The minimum Gasteiger partial charge on any atom is -0.455 e. The molecule has 6 nitrogen and oxygen atoms in total. The van der Waals surface area contributed by atoms with E-state index in [-0.39, 0.29) is 0 Å². The van der Waals surface area contributed by atoms with E-state index in [9.17, 15) is 0 Å². The van der Waals surface area contributed by atoms with Crippen LogP contribution in [-0.4, -0.2) is 34.1 Å². The van der Waals surface area contributed by atoms with E-state index >= 15 is 0 Å². The standard InChI is InChI=1S/C18H16N4O2/c1-22(2)11-14-6-8-16(23-14)18-20-17(21-24-18)13-5-7-15-12(10-13)4-3-9-19-15/h3-10H,11H2,1-2H3. The van der Waals surface area contributed by atoms with Crippen molar-refractivity contribution < 1.29 is 8.94 Å². The first-order valence-corrected chi connectivity index (χ1v) is 7.62. The maximum atomic E-state index is 5.75. The Morgan fingerprint density at radius 2 is 2.00 bits per heavy atom. The SMILES string of the molecule is CN(C)Cc1ccc(-c2nc(-c3ccc4ncccc4c3)no2)o1. The van der Waals surface area contributed by atoms with Gasteiger partial charge in [0.15, 0.2) is 5.76 Å². The minimum atomic E-state index is 0.376.